The fourth-order valence-electron chi connectivity index (χ4n) is 4.60. The van der Waals surface area contributed by atoms with Crippen LogP contribution in [0.2, 0.25) is 0 Å². The van der Waals surface area contributed by atoms with Gasteiger partial charge in [-0.15, -0.1) is 0 Å². The van der Waals surface area contributed by atoms with E-state index in [4.69, 9.17) is 28.0 Å². The van der Waals surface area contributed by atoms with Crippen molar-refractivity contribution in [1.29, 1.82) is 5.26 Å². The largest absolute Gasteiger partial charge is 0.467 e. The van der Waals surface area contributed by atoms with Crippen molar-refractivity contribution in [3.05, 3.63) is 18.6 Å². The smallest absolute Gasteiger partial charge is 0.328 e. The van der Waals surface area contributed by atoms with Crippen LogP contribution in [0.5, 0.6) is 0 Å². The summed E-state index contributed by atoms with van der Waals surface area (Å²) in [5.41, 5.74) is 6.19. The number of likely N-dealkylation sites (N-methyl/N-ethyl adjacent to an activating group) is 1. The van der Waals surface area contributed by atoms with E-state index in [1.165, 1.54) is 13.4 Å². The van der Waals surface area contributed by atoms with Crippen LogP contribution in [0.4, 0.5) is 5.82 Å². The number of hydrogen-bond donors (Lipinski definition) is 2. The van der Waals surface area contributed by atoms with E-state index in [0.29, 0.717) is 42.7 Å². The van der Waals surface area contributed by atoms with E-state index in [9.17, 15) is 9.59 Å². The van der Waals surface area contributed by atoms with Gasteiger partial charge in [0.25, 0.3) is 0 Å². The Morgan fingerprint density at radius 3 is 2.89 bits per heavy atom. The van der Waals surface area contributed by atoms with Gasteiger partial charge in [0.2, 0.25) is 5.91 Å². The first kappa shape index (κ1) is 27.3. The average Bonchev–Trinajstić information content (AvgIpc) is 3.32. The molecule has 0 radical (unpaired) electrons. The molecular formula is C24H34N8O3S. The van der Waals surface area contributed by atoms with Gasteiger partial charge in [-0.25, -0.2) is 14.8 Å². The van der Waals surface area contributed by atoms with E-state index in [0.717, 1.165) is 30.5 Å². The summed E-state index contributed by atoms with van der Waals surface area (Å²) >= 11 is 5.62. The molecule has 0 saturated carbocycles. The Morgan fingerprint density at radius 2 is 2.19 bits per heavy atom. The van der Waals surface area contributed by atoms with E-state index in [1.807, 2.05) is 19.2 Å². The Balaban J connectivity index is 1.83. The molecule has 2 aromatic rings. The highest BCUT2D eigenvalue weighted by Crippen LogP contribution is 2.29. The Hall–Kier alpha value is -3.30. The molecule has 0 spiro atoms. The van der Waals surface area contributed by atoms with Crippen LogP contribution in [-0.4, -0.2) is 82.3 Å². The number of carbonyl (C=O) groups is 2. The van der Waals surface area contributed by atoms with Gasteiger partial charge in [-0.05, 0) is 56.4 Å². The number of piperidine rings is 1. The average molecular weight is 515 g/mol. The number of rotatable bonds is 9. The molecular weight excluding hydrogens is 480 g/mol. The number of nitrogens with zero attached hydrogens (tertiary/aromatic N) is 6. The lowest BCUT2D eigenvalue weighted by molar-refractivity contribution is -0.142. The minimum atomic E-state index is -0.587. The molecule has 0 aromatic carbocycles. The number of esters is 1. The first-order chi connectivity index (χ1) is 17.3. The molecule has 11 nitrogen and oxygen atoms in total. The van der Waals surface area contributed by atoms with Gasteiger partial charge in [0.15, 0.2) is 10.8 Å². The molecule has 3 N–H and O–H groups in total. The highest BCUT2D eigenvalue weighted by molar-refractivity contribution is 7.80. The van der Waals surface area contributed by atoms with Gasteiger partial charge < -0.3 is 25.6 Å². The number of nitrogens with one attached hydrogen (secondary N) is 1. The summed E-state index contributed by atoms with van der Waals surface area (Å²) < 4.78 is 6.66. The Labute approximate surface area is 216 Å². The number of amides is 1. The number of thiocarbonyl (C=S) groups is 1. The molecule has 3 atom stereocenters. The molecule has 3 heterocycles. The number of ether oxygens (including phenoxy) is 1. The van der Waals surface area contributed by atoms with Crippen molar-refractivity contribution in [3.8, 4) is 6.07 Å². The number of nitriles is 1. The van der Waals surface area contributed by atoms with Gasteiger partial charge in [-0.2, -0.15) is 5.26 Å². The van der Waals surface area contributed by atoms with Crippen molar-refractivity contribution in [3.63, 3.8) is 0 Å². The molecule has 0 aliphatic carbocycles. The highest BCUT2D eigenvalue weighted by Gasteiger charge is 2.33. The molecule has 0 unspecified atom stereocenters. The monoisotopic (exact) mass is 514 g/mol. The molecule has 1 aliphatic heterocycles. The van der Waals surface area contributed by atoms with E-state index >= 15 is 0 Å². The molecule has 2 aromatic heterocycles. The molecule has 1 saturated heterocycles. The quantitative estimate of drug-likeness (QED) is 0.286. The zero-order chi connectivity index (χ0) is 26.2. The van der Waals surface area contributed by atoms with Crippen molar-refractivity contribution in [2.24, 2.45) is 11.7 Å². The molecule has 1 aliphatic rings. The van der Waals surface area contributed by atoms with Gasteiger partial charge in [-0.3, -0.25) is 9.36 Å². The van der Waals surface area contributed by atoms with Crippen LogP contribution in [0.1, 0.15) is 39.0 Å². The molecule has 1 fully saturated rings. The van der Waals surface area contributed by atoms with Crippen molar-refractivity contribution in [1.82, 2.24) is 24.8 Å². The second-order valence-electron chi connectivity index (χ2n) is 9.05. The standard InChI is InChI=1S/C24H34N8O3S/c1-16-8-12-31(20(33)7-11-26)14-19(16)30(2)21-17-9-13-32(22(17)28-15-27-21)24(36)29-18(23(34)35-3)6-4-5-10-25/h9,13,15-16,18-19H,4-8,10,12,14,25H2,1-3H3,(H,29,36)/t16-,18+,19+/m1/s1. The molecule has 3 rings (SSSR count). The first-order valence-electron chi connectivity index (χ1n) is 12.1. The lowest BCUT2D eigenvalue weighted by Gasteiger charge is -2.42. The summed E-state index contributed by atoms with van der Waals surface area (Å²) in [6.45, 7) is 3.88. The number of nitrogens with two attached hydrogens (primary N) is 1. The lowest BCUT2D eigenvalue weighted by Crippen LogP contribution is -2.52. The first-order valence-corrected chi connectivity index (χ1v) is 12.5. The van der Waals surface area contributed by atoms with Crippen LogP contribution in [0.15, 0.2) is 18.6 Å². The lowest BCUT2D eigenvalue weighted by atomic mass is 9.92. The third kappa shape index (κ3) is 6.09. The molecule has 194 valence electrons. The van der Waals surface area contributed by atoms with Crippen molar-refractivity contribution >= 4 is 46.1 Å². The van der Waals surface area contributed by atoms with E-state index in [-0.39, 0.29) is 24.3 Å². The Kier molecular flexibility index (Phi) is 9.55. The summed E-state index contributed by atoms with van der Waals surface area (Å²) in [7, 11) is 3.31. The predicted octanol–water partition coefficient (Wildman–Crippen LogP) is 1.41. The van der Waals surface area contributed by atoms with Crippen LogP contribution < -0.4 is 16.0 Å². The summed E-state index contributed by atoms with van der Waals surface area (Å²) in [5.74, 6) is 0.512. The predicted molar refractivity (Wildman–Crippen MR) is 140 cm³/mol. The number of carbonyl (C=O) groups excluding carboxylic acids is 2. The SMILES string of the molecule is COC(=O)[C@H](CCCCN)NC(=S)n1ccc2c(N(C)[C@H]3CN(C(=O)CC#N)CC[C@H]3C)ncnc21. The number of fused-ring (bicyclic) bond motifs is 1. The fraction of sp³-hybridized carbons (Fsp3) is 0.583. The number of aromatic nitrogens is 3. The zero-order valence-electron chi connectivity index (χ0n) is 21.0. The number of hydrogen-bond acceptors (Lipinski definition) is 9. The van der Waals surface area contributed by atoms with Gasteiger partial charge in [-0.1, -0.05) is 6.92 Å². The molecule has 0 bridgehead atoms. The van der Waals surface area contributed by atoms with E-state index in [1.54, 1.807) is 15.7 Å². The number of methoxy groups -OCH3 is 1. The van der Waals surface area contributed by atoms with Crippen LogP contribution in [0.3, 0.4) is 0 Å². The van der Waals surface area contributed by atoms with Crippen LogP contribution in [-0.2, 0) is 14.3 Å². The van der Waals surface area contributed by atoms with Gasteiger partial charge in [0, 0.05) is 26.3 Å². The van der Waals surface area contributed by atoms with E-state index < -0.39 is 6.04 Å². The van der Waals surface area contributed by atoms with Crippen molar-refractivity contribution in [2.45, 2.75) is 51.1 Å². The summed E-state index contributed by atoms with van der Waals surface area (Å²) in [5, 5.41) is 13.2. The third-order valence-corrected chi connectivity index (χ3v) is 7.06. The normalized spacial score (nSPS) is 18.4. The summed E-state index contributed by atoms with van der Waals surface area (Å²) in [6.07, 6.45) is 6.13. The van der Waals surface area contributed by atoms with Gasteiger partial charge in [0.05, 0.1) is 24.6 Å². The maximum absolute atomic E-state index is 12.3. The zero-order valence-corrected chi connectivity index (χ0v) is 21.8. The summed E-state index contributed by atoms with van der Waals surface area (Å²) in [6, 6.07) is 3.28. The topological polar surface area (TPSA) is 142 Å². The maximum Gasteiger partial charge on any atom is 0.328 e. The highest BCUT2D eigenvalue weighted by atomic mass is 32.1. The Morgan fingerprint density at radius 1 is 1.42 bits per heavy atom. The molecule has 36 heavy (non-hydrogen) atoms. The number of likely N-dealkylation sites (tertiary alicyclic amines) is 1. The molecule has 12 heteroatoms. The minimum Gasteiger partial charge on any atom is -0.467 e. The van der Waals surface area contributed by atoms with Crippen LogP contribution >= 0.6 is 12.2 Å². The van der Waals surface area contributed by atoms with Gasteiger partial charge in [0.1, 0.15) is 24.6 Å². The van der Waals surface area contributed by atoms with Crippen molar-refractivity contribution < 1.29 is 14.3 Å². The van der Waals surface area contributed by atoms with E-state index in [2.05, 4.69) is 27.1 Å². The number of unbranched alkanes of at least 4 members (excludes halogenated alkanes) is 1. The summed E-state index contributed by atoms with van der Waals surface area (Å²) in [4.78, 5) is 37.4. The Bertz CT molecular complexity index is 1130. The minimum absolute atomic E-state index is 0.0270. The van der Waals surface area contributed by atoms with Crippen LogP contribution in [0, 0.1) is 17.2 Å². The van der Waals surface area contributed by atoms with Gasteiger partial charge >= 0.3 is 5.97 Å². The van der Waals surface area contributed by atoms with Crippen molar-refractivity contribution in [2.75, 3.05) is 38.7 Å². The van der Waals surface area contributed by atoms with Crippen LogP contribution in [0.25, 0.3) is 11.0 Å². The fourth-order valence-corrected chi connectivity index (χ4v) is 4.89. The maximum atomic E-state index is 12.3. The molecule has 1 amide bonds. The number of anilines is 1. The third-order valence-electron chi connectivity index (χ3n) is 6.74. The second kappa shape index (κ2) is 12.6. The second-order valence-corrected chi connectivity index (χ2v) is 9.44.